The van der Waals surface area contributed by atoms with Crippen LogP contribution in [0.3, 0.4) is 0 Å². The summed E-state index contributed by atoms with van der Waals surface area (Å²) in [6, 6.07) is 18.3. The molecule has 4 aromatic rings. The average Bonchev–Trinajstić information content (AvgIpc) is 3.42. The number of benzene rings is 3. The number of amides is 2. The zero-order chi connectivity index (χ0) is 24.8. The van der Waals surface area contributed by atoms with Gasteiger partial charge in [0.2, 0.25) is 5.95 Å². The number of fused-ring (bicyclic) bond motifs is 2. The molecular formula is C27H25N5O4. The number of nitrogens with one attached hydrogen (secondary N) is 3. The molecule has 3 aromatic carbocycles. The first-order valence-corrected chi connectivity index (χ1v) is 12.0. The van der Waals surface area contributed by atoms with E-state index < -0.39 is 12.1 Å². The molecule has 0 radical (unpaired) electrons. The van der Waals surface area contributed by atoms with Gasteiger partial charge in [-0.15, -0.1) is 0 Å². The summed E-state index contributed by atoms with van der Waals surface area (Å²) in [5.74, 6) is 0.250. The lowest BCUT2D eigenvalue weighted by Crippen LogP contribution is -2.29. The van der Waals surface area contributed by atoms with Crippen LogP contribution in [0.25, 0.3) is 11.0 Å². The van der Waals surface area contributed by atoms with Crippen LogP contribution in [0.15, 0.2) is 60.7 Å². The molecule has 1 saturated heterocycles. The number of nitrogens with zero attached hydrogens (tertiary/aromatic N) is 2. The topological polar surface area (TPSA) is 131 Å². The molecule has 3 heterocycles. The van der Waals surface area contributed by atoms with Gasteiger partial charge in [0.25, 0.3) is 5.91 Å². The number of aromatic nitrogens is 2. The summed E-state index contributed by atoms with van der Waals surface area (Å²) in [7, 11) is 0. The first-order chi connectivity index (χ1) is 17.5. The largest absolute Gasteiger partial charge is 0.507 e. The second-order valence-corrected chi connectivity index (χ2v) is 9.23. The fraction of sp³-hybridized carbons (Fsp3) is 0.222. The number of rotatable bonds is 4. The van der Waals surface area contributed by atoms with E-state index in [1.807, 2.05) is 36.4 Å². The lowest BCUT2D eigenvalue weighted by atomic mass is 9.90. The number of carbonyl (C=O) groups is 2. The van der Waals surface area contributed by atoms with Gasteiger partial charge in [-0.3, -0.25) is 15.0 Å². The molecule has 1 atom stereocenters. The number of carboxylic acid groups (broad SMARTS) is 1. The number of anilines is 2. The Balaban J connectivity index is 1.46. The first kappa shape index (κ1) is 22.1. The van der Waals surface area contributed by atoms with Gasteiger partial charge in [0, 0.05) is 5.69 Å². The van der Waals surface area contributed by atoms with Gasteiger partial charge in [-0.05, 0) is 78.9 Å². The predicted octanol–water partition coefficient (Wildman–Crippen LogP) is 4.58. The molecule has 0 aliphatic carbocycles. The average molecular weight is 484 g/mol. The summed E-state index contributed by atoms with van der Waals surface area (Å²) < 4.78 is 0. The quantitative estimate of drug-likeness (QED) is 0.289. The maximum atomic E-state index is 13.7. The van der Waals surface area contributed by atoms with Crippen LogP contribution in [0.1, 0.15) is 51.8 Å². The van der Waals surface area contributed by atoms with Crippen LogP contribution in [0, 0.1) is 0 Å². The molecule has 36 heavy (non-hydrogen) atoms. The molecule has 1 fully saturated rings. The molecule has 2 aliphatic heterocycles. The Labute approximate surface area is 206 Å². The van der Waals surface area contributed by atoms with Gasteiger partial charge in [0.1, 0.15) is 5.75 Å². The third-order valence-corrected chi connectivity index (χ3v) is 7.07. The van der Waals surface area contributed by atoms with E-state index in [1.165, 1.54) is 11.6 Å². The van der Waals surface area contributed by atoms with Crippen molar-refractivity contribution in [2.75, 3.05) is 23.3 Å². The minimum atomic E-state index is -1.21. The number of carbonyl (C=O) groups excluding carboxylic acids is 1. The number of piperidine rings is 1. The smallest absolute Gasteiger partial charge is 0.411 e. The van der Waals surface area contributed by atoms with Gasteiger partial charge in [-0.1, -0.05) is 30.3 Å². The van der Waals surface area contributed by atoms with E-state index >= 15 is 0 Å². The monoisotopic (exact) mass is 483 g/mol. The van der Waals surface area contributed by atoms with E-state index in [0.29, 0.717) is 28.1 Å². The summed E-state index contributed by atoms with van der Waals surface area (Å²) in [6.45, 7) is 1.95. The summed E-state index contributed by atoms with van der Waals surface area (Å²) in [5.41, 5.74) is 5.03. The van der Waals surface area contributed by atoms with Crippen molar-refractivity contribution in [2.24, 2.45) is 0 Å². The molecule has 9 heteroatoms. The summed E-state index contributed by atoms with van der Waals surface area (Å²) >= 11 is 0. The number of aromatic hydroxyl groups is 1. The van der Waals surface area contributed by atoms with Crippen molar-refractivity contribution in [3.63, 3.8) is 0 Å². The number of H-pyrrole nitrogens is 1. The van der Waals surface area contributed by atoms with Crippen LogP contribution in [-0.2, 0) is 0 Å². The predicted molar refractivity (Wildman–Crippen MR) is 136 cm³/mol. The van der Waals surface area contributed by atoms with E-state index in [0.717, 1.165) is 37.2 Å². The summed E-state index contributed by atoms with van der Waals surface area (Å²) in [4.78, 5) is 33.8. The molecule has 9 nitrogen and oxygen atoms in total. The Kier molecular flexibility index (Phi) is 5.34. The molecule has 1 unspecified atom stereocenters. The maximum Gasteiger partial charge on any atom is 0.411 e. The molecule has 2 amide bonds. The zero-order valence-electron chi connectivity index (χ0n) is 19.4. The molecule has 0 spiro atoms. The van der Waals surface area contributed by atoms with Crippen LogP contribution in [0.2, 0.25) is 0 Å². The fourth-order valence-electron chi connectivity index (χ4n) is 5.43. The Morgan fingerprint density at radius 3 is 2.64 bits per heavy atom. The van der Waals surface area contributed by atoms with E-state index in [2.05, 4.69) is 32.7 Å². The summed E-state index contributed by atoms with van der Waals surface area (Å²) in [6.07, 6.45) is 0.884. The normalized spacial score (nSPS) is 17.9. The zero-order valence-corrected chi connectivity index (χ0v) is 19.4. The summed E-state index contributed by atoms with van der Waals surface area (Å²) in [5, 5.41) is 25.3. The number of aromatic amines is 1. The third kappa shape index (κ3) is 3.74. The van der Waals surface area contributed by atoms with E-state index in [9.17, 15) is 14.7 Å². The highest BCUT2D eigenvalue weighted by Gasteiger charge is 2.41. The van der Waals surface area contributed by atoms with Crippen molar-refractivity contribution in [3.05, 3.63) is 82.9 Å². The van der Waals surface area contributed by atoms with Gasteiger partial charge >= 0.3 is 6.09 Å². The van der Waals surface area contributed by atoms with Crippen molar-refractivity contribution in [1.29, 1.82) is 0 Å². The molecule has 5 N–H and O–H groups in total. The number of hydrogen-bond donors (Lipinski definition) is 5. The fourth-order valence-corrected chi connectivity index (χ4v) is 5.43. The minimum Gasteiger partial charge on any atom is -0.507 e. The minimum absolute atomic E-state index is 0.0479. The van der Waals surface area contributed by atoms with Crippen LogP contribution in [0.5, 0.6) is 5.75 Å². The SMILES string of the molecule is O=C(O)Nc1nc2cc(C3c4cccc(O)c4C(=O)N3c3cccc(C4CCNCC4)c3)ccc2[nH]1. The molecule has 0 bridgehead atoms. The highest BCUT2D eigenvalue weighted by molar-refractivity contribution is 6.13. The van der Waals surface area contributed by atoms with Gasteiger partial charge in [-0.25, -0.2) is 9.78 Å². The molecule has 1 aromatic heterocycles. The van der Waals surface area contributed by atoms with Crippen molar-refractivity contribution in [3.8, 4) is 5.75 Å². The van der Waals surface area contributed by atoms with Gasteiger partial charge in [0.15, 0.2) is 0 Å². The Morgan fingerprint density at radius 1 is 1.03 bits per heavy atom. The van der Waals surface area contributed by atoms with E-state index in [4.69, 9.17) is 5.11 Å². The second-order valence-electron chi connectivity index (χ2n) is 9.23. The van der Waals surface area contributed by atoms with Crippen molar-refractivity contribution in [1.82, 2.24) is 15.3 Å². The van der Waals surface area contributed by atoms with Gasteiger partial charge in [0.05, 0.1) is 22.6 Å². The molecule has 6 rings (SSSR count). The van der Waals surface area contributed by atoms with Crippen molar-refractivity contribution < 1.29 is 19.8 Å². The highest BCUT2D eigenvalue weighted by atomic mass is 16.4. The van der Waals surface area contributed by atoms with Crippen molar-refractivity contribution in [2.45, 2.75) is 24.8 Å². The van der Waals surface area contributed by atoms with E-state index in [1.54, 1.807) is 11.0 Å². The number of phenolic OH excluding ortho intramolecular Hbond substituents is 1. The van der Waals surface area contributed by atoms with Crippen LogP contribution in [0.4, 0.5) is 16.4 Å². The van der Waals surface area contributed by atoms with Crippen LogP contribution < -0.4 is 15.5 Å². The lowest BCUT2D eigenvalue weighted by Gasteiger charge is -2.28. The van der Waals surface area contributed by atoms with Gasteiger partial charge < -0.3 is 20.5 Å². The maximum absolute atomic E-state index is 13.7. The van der Waals surface area contributed by atoms with E-state index in [-0.39, 0.29) is 17.6 Å². The Hall–Kier alpha value is -4.37. The second kappa shape index (κ2) is 8.69. The molecule has 0 saturated carbocycles. The highest BCUT2D eigenvalue weighted by Crippen LogP contribution is 2.45. The standard InChI is InChI=1S/C27H25N5O4/c33-22-6-2-5-19-23(22)25(34)32(18-4-1-3-16(13-18)15-9-11-28-12-10-15)24(19)17-7-8-20-21(14-17)30-26(29-20)31-27(35)36/h1-8,13-15,24,28,33H,9-12H2,(H,35,36)(H2,29,30,31). The Bertz CT molecular complexity index is 1490. The molecular weight excluding hydrogens is 458 g/mol. The van der Waals surface area contributed by atoms with Gasteiger partial charge in [-0.2, -0.15) is 0 Å². The number of phenols is 1. The third-order valence-electron chi connectivity index (χ3n) is 7.07. The first-order valence-electron chi connectivity index (χ1n) is 12.0. The van der Waals surface area contributed by atoms with Crippen LogP contribution in [-0.4, -0.2) is 45.3 Å². The number of imidazole rings is 1. The Morgan fingerprint density at radius 2 is 1.83 bits per heavy atom. The lowest BCUT2D eigenvalue weighted by molar-refractivity contribution is 0.0991. The van der Waals surface area contributed by atoms with Crippen LogP contribution >= 0.6 is 0 Å². The molecule has 182 valence electrons. The molecule has 2 aliphatic rings. The van der Waals surface area contributed by atoms with Crippen molar-refractivity contribution >= 4 is 34.7 Å². The number of hydrogen-bond acceptors (Lipinski definition) is 5.